The zero-order valence-corrected chi connectivity index (χ0v) is 16.4. The number of morpholine rings is 1. The number of aliphatic hydroxyl groups is 1. The number of hydrogen-bond acceptors (Lipinski definition) is 7. The third kappa shape index (κ3) is 3.81. The Morgan fingerprint density at radius 2 is 1.96 bits per heavy atom. The highest BCUT2D eigenvalue weighted by Crippen LogP contribution is 2.36. The van der Waals surface area contributed by atoms with Crippen LogP contribution in [-0.4, -0.2) is 55.3 Å². The minimum Gasteiger partial charge on any atom is -0.392 e. The molecular formula is C20H28FN3O4. The normalized spacial score (nSPS) is 24.1. The number of halogens is 1. The summed E-state index contributed by atoms with van der Waals surface area (Å²) in [4.78, 5) is 1.93. The third-order valence-electron chi connectivity index (χ3n) is 5.56. The fourth-order valence-electron chi connectivity index (χ4n) is 4.22. The van der Waals surface area contributed by atoms with E-state index >= 15 is 4.39 Å². The van der Waals surface area contributed by atoms with Crippen LogP contribution in [-0.2, 0) is 16.1 Å². The molecule has 1 aromatic heterocycles. The van der Waals surface area contributed by atoms with E-state index in [1.807, 2.05) is 18.7 Å². The molecule has 2 aliphatic rings. The van der Waals surface area contributed by atoms with Crippen molar-refractivity contribution in [3.8, 4) is 0 Å². The average Bonchev–Trinajstić information content (AvgIpc) is 3.09. The molecule has 3 heterocycles. The summed E-state index contributed by atoms with van der Waals surface area (Å²) in [5.41, 5.74) is 1.03. The molecule has 1 aromatic carbocycles. The highest BCUT2D eigenvalue weighted by molar-refractivity contribution is 5.92. The predicted molar refractivity (Wildman–Crippen MR) is 104 cm³/mol. The molecule has 2 aliphatic heterocycles. The first-order valence-electron chi connectivity index (χ1n) is 10.0. The Bertz CT molecular complexity index is 811. The van der Waals surface area contributed by atoms with E-state index < -0.39 is 5.82 Å². The summed E-state index contributed by atoms with van der Waals surface area (Å²) in [5, 5.41) is 17.8. The van der Waals surface area contributed by atoms with Gasteiger partial charge in [0.1, 0.15) is 0 Å². The van der Waals surface area contributed by atoms with E-state index in [2.05, 4.69) is 10.5 Å². The summed E-state index contributed by atoms with van der Waals surface area (Å²) in [6.07, 6.45) is 1.96. The molecule has 0 unspecified atom stereocenters. The van der Waals surface area contributed by atoms with E-state index in [1.165, 1.54) is 0 Å². The Morgan fingerprint density at radius 3 is 2.64 bits per heavy atom. The molecule has 4 rings (SSSR count). The molecule has 0 amide bonds. The van der Waals surface area contributed by atoms with Gasteiger partial charge in [-0.2, -0.15) is 0 Å². The van der Waals surface area contributed by atoms with Gasteiger partial charge in [0.25, 0.3) is 0 Å². The maximum atomic E-state index is 15.4. The van der Waals surface area contributed by atoms with Crippen molar-refractivity contribution < 1.29 is 23.5 Å². The second-order valence-electron chi connectivity index (χ2n) is 7.86. The van der Waals surface area contributed by atoms with Crippen LogP contribution in [0.25, 0.3) is 11.0 Å². The Kier molecular flexibility index (Phi) is 5.70. The topological polar surface area (TPSA) is 80.0 Å². The van der Waals surface area contributed by atoms with Crippen molar-refractivity contribution in [1.29, 1.82) is 0 Å². The highest BCUT2D eigenvalue weighted by Gasteiger charge is 2.29. The molecule has 0 saturated carbocycles. The lowest BCUT2D eigenvalue weighted by Crippen LogP contribution is -2.46. The minimum atomic E-state index is -0.477. The molecular weight excluding hydrogens is 365 g/mol. The summed E-state index contributed by atoms with van der Waals surface area (Å²) >= 11 is 0. The number of benzene rings is 1. The van der Waals surface area contributed by atoms with Gasteiger partial charge < -0.3 is 29.3 Å². The second kappa shape index (κ2) is 8.23. The number of ether oxygens (including phenoxy) is 2. The van der Waals surface area contributed by atoms with Gasteiger partial charge in [0, 0.05) is 38.4 Å². The van der Waals surface area contributed by atoms with E-state index in [0.29, 0.717) is 41.5 Å². The smallest absolute Gasteiger partial charge is 0.206 e. The molecule has 2 atom stereocenters. The number of nitrogens with one attached hydrogen (secondary N) is 1. The van der Waals surface area contributed by atoms with Crippen LogP contribution in [0, 0.1) is 11.7 Å². The van der Waals surface area contributed by atoms with Gasteiger partial charge in [0.2, 0.25) is 5.58 Å². The molecule has 2 saturated heterocycles. The lowest BCUT2D eigenvalue weighted by atomic mass is 10.0. The van der Waals surface area contributed by atoms with Gasteiger partial charge in [-0.15, -0.1) is 0 Å². The molecule has 0 spiro atoms. The van der Waals surface area contributed by atoms with Crippen LogP contribution >= 0.6 is 0 Å². The molecule has 0 radical (unpaired) electrons. The Balaban J connectivity index is 1.62. The Labute approximate surface area is 163 Å². The van der Waals surface area contributed by atoms with E-state index in [1.54, 1.807) is 6.07 Å². The molecule has 154 valence electrons. The number of aromatic nitrogens is 1. The van der Waals surface area contributed by atoms with Gasteiger partial charge in [0.15, 0.2) is 11.6 Å². The van der Waals surface area contributed by atoms with E-state index in [4.69, 9.17) is 14.0 Å². The summed E-state index contributed by atoms with van der Waals surface area (Å²) in [6.45, 7) is 7.07. The van der Waals surface area contributed by atoms with Crippen LogP contribution in [0.5, 0.6) is 0 Å². The van der Waals surface area contributed by atoms with Gasteiger partial charge >= 0.3 is 0 Å². The van der Waals surface area contributed by atoms with Gasteiger partial charge in [-0.3, -0.25) is 0 Å². The zero-order chi connectivity index (χ0) is 19.7. The first-order valence-corrected chi connectivity index (χ1v) is 10.0. The van der Waals surface area contributed by atoms with Crippen molar-refractivity contribution in [2.45, 2.75) is 45.5 Å². The van der Waals surface area contributed by atoms with Crippen molar-refractivity contribution in [2.75, 3.05) is 43.1 Å². The van der Waals surface area contributed by atoms with Crippen molar-refractivity contribution >= 4 is 22.5 Å². The minimum absolute atomic E-state index is 0.0168. The van der Waals surface area contributed by atoms with Gasteiger partial charge in [-0.05, 0) is 38.7 Å². The molecule has 8 heteroatoms. The SMILES string of the molecule is C[C@@H]1CN(c2c(CO)cc3c(NCC4CCOCC4)noc3c2F)C[C@H](C)O1. The number of rotatable bonds is 5. The molecule has 0 bridgehead atoms. The lowest BCUT2D eigenvalue weighted by molar-refractivity contribution is -0.00549. The molecule has 7 nitrogen and oxygen atoms in total. The van der Waals surface area contributed by atoms with E-state index in [0.717, 1.165) is 32.6 Å². The zero-order valence-electron chi connectivity index (χ0n) is 16.4. The van der Waals surface area contributed by atoms with Gasteiger partial charge in [-0.25, -0.2) is 4.39 Å². The number of fused-ring (bicyclic) bond motifs is 1. The summed E-state index contributed by atoms with van der Waals surface area (Å²) in [7, 11) is 0. The maximum absolute atomic E-state index is 15.4. The van der Waals surface area contributed by atoms with Crippen LogP contribution in [0.2, 0.25) is 0 Å². The number of nitrogens with zero attached hydrogens (tertiary/aromatic N) is 2. The molecule has 2 N–H and O–H groups in total. The fraction of sp³-hybridized carbons (Fsp3) is 0.650. The summed E-state index contributed by atoms with van der Waals surface area (Å²) < 4.78 is 31.9. The molecule has 2 fully saturated rings. The predicted octanol–water partition coefficient (Wildman–Crippen LogP) is 2.91. The highest BCUT2D eigenvalue weighted by atomic mass is 19.1. The second-order valence-corrected chi connectivity index (χ2v) is 7.86. The van der Waals surface area contributed by atoms with Crippen LogP contribution in [0.1, 0.15) is 32.3 Å². The first kappa shape index (κ1) is 19.4. The molecule has 28 heavy (non-hydrogen) atoms. The summed E-state index contributed by atoms with van der Waals surface area (Å²) in [6, 6.07) is 1.78. The van der Waals surface area contributed by atoms with Crippen molar-refractivity contribution in [2.24, 2.45) is 5.92 Å². The number of hydrogen-bond donors (Lipinski definition) is 2. The monoisotopic (exact) mass is 393 g/mol. The van der Waals surface area contributed by atoms with Crippen molar-refractivity contribution in [1.82, 2.24) is 5.16 Å². The average molecular weight is 393 g/mol. The van der Waals surface area contributed by atoms with E-state index in [-0.39, 0.29) is 24.4 Å². The fourth-order valence-corrected chi connectivity index (χ4v) is 4.22. The Hall–Kier alpha value is -1.90. The van der Waals surface area contributed by atoms with Gasteiger partial charge in [-0.1, -0.05) is 5.16 Å². The van der Waals surface area contributed by atoms with Crippen LogP contribution in [0.3, 0.4) is 0 Å². The van der Waals surface area contributed by atoms with Crippen molar-refractivity contribution in [3.63, 3.8) is 0 Å². The molecule has 0 aliphatic carbocycles. The van der Waals surface area contributed by atoms with Crippen LogP contribution in [0.4, 0.5) is 15.9 Å². The van der Waals surface area contributed by atoms with E-state index in [9.17, 15) is 5.11 Å². The lowest BCUT2D eigenvalue weighted by Gasteiger charge is -2.37. The quantitative estimate of drug-likeness (QED) is 0.808. The maximum Gasteiger partial charge on any atom is 0.206 e. The largest absolute Gasteiger partial charge is 0.392 e. The molecule has 2 aromatic rings. The van der Waals surface area contributed by atoms with Crippen LogP contribution in [0.15, 0.2) is 10.6 Å². The standard InChI is InChI=1S/C20H28FN3O4/c1-12-9-24(10-13(2)27-12)18-15(11-25)7-16-19(17(18)21)28-23-20(16)22-8-14-3-5-26-6-4-14/h7,12-14,25H,3-6,8-11H2,1-2H3,(H,22,23)/t12-,13+. The number of aliphatic hydroxyl groups excluding tert-OH is 1. The van der Waals surface area contributed by atoms with Crippen LogP contribution < -0.4 is 10.2 Å². The number of anilines is 2. The first-order chi connectivity index (χ1) is 13.6. The van der Waals surface area contributed by atoms with Crippen molar-refractivity contribution in [3.05, 3.63) is 17.4 Å². The third-order valence-corrected chi connectivity index (χ3v) is 5.56. The Morgan fingerprint density at radius 1 is 1.25 bits per heavy atom. The van der Waals surface area contributed by atoms with Gasteiger partial charge in [0.05, 0.1) is 29.9 Å². The summed E-state index contributed by atoms with van der Waals surface area (Å²) in [5.74, 6) is 0.540.